The number of nitrogen functional groups attached to an aromatic ring is 1. The van der Waals surface area contributed by atoms with Gasteiger partial charge in [0, 0.05) is 0 Å². The summed E-state index contributed by atoms with van der Waals surface area (Å²) in [5.41, 5.74) is 6.54. The van der Waals surface area contributed by atoms with Gasteiger partial charge in [-0.1, -0.05) is 43.0 Å². The topological polar surface area (TPSA) is 99.4 Å². The number of hydrogen-bond acceptors (Lipinski definition) is 8. The second kappa shape index (κ2) is 7.92. The van der Waals surface area contributed by atoms with Crippen molar-refractivity contribution in [2.45, 2.75) is 24.2 Å². The van der Waals surface area contributed by atoms with E-state index in [4.69, 9.17) is 15.2 Å². The van der Waals surface area contributed by atoms with E-state index in [9.17, 15) is 4.79 Å². The molecule has 2 heterocycles. The van der Waals surface area contributed by atoms with Gasteiger partial charge in [-0.05, 0) is 23.6 Å². The molecule has 2 aromatic rings. The molecule has 3 rings (SSSR count). The molecule has 0 saturated carbocycles. The van der Waals surface area contributed by atoms with Gasteiger partial charge in [0.25, 0.3) is 0 Å². The lowest BCUT2D eigenvalue weighted by atomic mass is 9.95. The molecule has 7 nitrogen and oxygen atoms in total. The van der Waals surface area contributed by atoms with E-state index >= 15 is 0 Å². The van der Waals surface area contributed by atoms with E-state index in [0.717, 1.165) is 17.1 Å². The Kier molecular flexibility index (Phi) is 5.64. The number of fused-ring (bicyclic) bond motifs is 1. The average molecular weight is 380 g/mol. The Labute approximate surface area is 154 Å². The Morgan fingerprint density at radius 3 is 2.76 bits per heavy atom. The summed E-state index contributed by atoms with van der Waals surface area (Å²) in [6.45, 7) is 5.24. The van der Waals surface area contributed by atoms with Crippen molar-refractivity contribution in [1.29, 1.82) is 0 Å². The molecule has 1 amide bonds. The first-order valence-electron chi connectivity index (χ1n) is 7.93. The van der Waals surface area contributed by atoms with Crippen molar-refractivity contribution in [1.82, 2.24) is 15.5 Å². The van der Waals surface area contributed by atoms with Crippen molar-refractivity contribution in [3.8, 4) is 11.5 Å². The van der Waals surface area contributed by atoms with E-state index in [-0.39, 0.29) is 23.6 Å². The zero-order valence-electron chi connectivity index (χ0n) is 14.0. The summed E-state index contributed by atoms with van der Waals surface area (Å²) >= 11 is 2.60. The highest BCUT2D eigenvalue weighted by Crippen LogP contribution is 2.34. The standard InChI is InChI=1S/C16H20N4O3S2/c1-9(2)14(10-3-4-11-12(7-10)23-6-5-22-11)18-13(21)8-24-16-20-19-15(17)25-16/h3-4,7,9,14H,5-6,8H2,1-2H3,(H2,17,19)(H,18,21)/t14-/m0/s1. The fourth-order valence-corrected chi connectivity index (χ4v) is 3.96. The van der Waals surface area contributed by atoms with Crippen molar-refractivity contribution >= 4 is 34.1 Å². The predicted molar refractivity (Wildman–Crippen MR) is 98.2 cm³/mol. The lowest BCUT2D eigenvalue weighted by molar-refractivity contribution is -0.119. The van der Waals surface area contributed by atoms with E-state index in [1.54, 1.807) is 0 Å². The van der Waals surface area contributed by atoms with E-state index in [1.807, 2.05) is 18.2 Å². The number of thioether (sulfide) groups is 1. The number of benzene rings is 1. The first kappa shape index (κ1) is 17.8. The van der Waals surface area contributed by atoms with Crippen LogP contribution in [0.4, 0.5) is 5.13 Å². The Morgan fingerprint density at radius 2 is 2.08 bits per heavy atom. The van der Waals surface area contributed by atoms with E-state index in [1.165, 1.54) is 23.1 Å². The summed E-state index contributed by atoms with van der Waals surface area (Å²) in [5.74, 6) is 1.90. The van der Waals surface area contributed by atoms with Gasteiger partial charge in [0.15, 0.2) is 15.8 Å². The molecule has 0 aliphatic carbocycles. The molecular formula is C16H20N4O3S2. The second-order valence-electron chi connectivity index (χ2n) is 5.89. The highest BCUT2D eigenvalue weighted by molar-refractivity contribution is 8.01. The van der Waals surface area contributed by atoms with Crippen LogP contribution < -0.4 is 20.5 Å². The summed E-state index contributed by atoms with van der Waals surface area (Å²) in [7, 11) is 0. The number of anilines is 1. The molecular weight excluding hydrogens is 360 g/mol. The van der Waals surface area contributed by atoms with Gasteiger partial charge < -0.3 is 20.5 Å². The molecule has 25 heavy (non-hydrogen) atoms. The summed E-state index contributed by atoms with van der Waals surface area (Å²) in [4.78, 5) is 12.3. The summed E-state index contributed by atoms with van der Waals surface area (Å²) in [5, 5.41) is 11.1. The van der Waals surface area contributed by atoms with Gasteiger partial charge in [-0.3, -0.25) is 4.79 Å². The first-order valence-corrected chi connectivity index (χ1v) is 9.74. The van der Waals surface area contributed by atoms with E-state index in [2.05, 4.69) is 29.4 Å². The van der Waals surface area contributed by atoms with Crippen molar-refractivity contribution in [2.24, 2.45) is 5.92 Å². The zero-order chi connectivity index (χ0) is 17.8. The Morgan fingerprint density at radius 1 is 1.32 bits per heavy atom. The molecule has 0 unspecified atom stereocenters. The maximum absolute atomic E-state index is 12.3. The van der Waals surface area contributed by atoms with Crippen LogP contribution >= 0.6 is 23.1 Å². The van der Waals surface area contributed by atoms with Gasteiger partial charge >= 0.3 is 0 Å². The monoisotopic (exact) mass is 380 g/mol. The molecule has 1 aliphatic rings. The molecule has 1 atom stereocenters. The highest BCUT2D eigenvalue weighted by Gasteiger charge is 2.21. The molecule has 9 heteroatoms. The Bertz CT molecular complexity index is 751. The smallest absolute Gasteiger partial charge is 0.230 e. The third kappa shape index (κ3) is 4.55. The molecule has 0 radical (unpaired) electrons. The van der Waals surface area contributed by atoms with Crippen LogP contribution in [0.15, 0.2) is 22.5 Å². The van der Waals surface area contributed by atoms with Crippen LogP contribution in [0.2, 0.25) is 0 Å². The quantitative estimate of drug-likeness (QED) is 0.743. The number of nitrogens with one attached hydrogen (secondary N) is 1. The molecule has 1 aromatic heterocycles. The first-order chi connectivity index (χ1) is 12.0. The predicted octanol–water partition coefficient (Wildman–Crippen LogP) is 2.50. The van der Waals surface area contributed by atoms with Crippen molar-refractivity contribution in [3.63, 3.8) is 0 Å². The lowest BCUT2D eigenvalue weighted by Crippen LogP contribution is -2.33. The molecule has 1 aromatic carbocycles. The molecule has 0 fully saturated rings. The molecule has 0 saturated heterocycles. The van der Waals surface area contributed by atoms with Crippen LogP contribution in [0.5, 0.6) is 11.5 Å². The third-order valence-corrected chi connectivity index (χ3v) is 5.54. The van der Waals surface area contributed by atoms with Gasteiger partial charge in [0.05, 0.1) is 11.8 Å². The van der Waals surface area contributed by atoms with Gasteiger partial charge in [-0.2, -0.15) is 0 Å². The molecule has 1 aliphatic heterocycles. The summed E-state index contributed by atoms with van der Waals surface area (Å²) in [6.07, 6.45) is 0. The average Bonchev–Trinajstić information content (AvgIpc) is 3.02. The number of nitrogens with two attached hydrogens (primary N) is 1. The van der Waals surface area contributed by atoms with Crippen LogP contribution in [0, 0.1) is 5.92 Å². The SMILES string of the molecule is CC(C)[C@H](NC(=O)CSc1nnc(N)s1)c1ccc2c(c1)OCCO2. The molecule has 134 valence electrons. The number of nitrogens with zero attached hydrogens (tertiary/aromatic N) is 2. The van der Waals surface area contributed by atoms with Crippen molar-refractivity contribution in [3.05, 3.63) is 23.8 Å². The fraction of sp³-hybridized carbons (Fsp3) is 0.438. The Hall–Kier alpha value is -2.00. The van der Waals surface area contributed by atoms with E-state index in [0.29, 0.717) is 22.7 Å². The zero-order valence-corrected chi connectivity index (χ0v) is 15.7. The second-order valence-corrected chi connectivity index (χ2v) is 8.12. The highest BCUT2D eigenvalue weighted by atomic mass is 32.2. The number of hydrogen-bond donors (Lipinski definition) is 2. The summed E-state index contributed by atoms with van der Waals surface area (Å²) < 4.78 is 11.9. The summed E-state index contributed by atoms with van der Waals surface area (Å²) in [6, 6.07) is 5.70. The van der Waals surface area contributed by atoms with Crippen molar-refractivity contribution in [2.75, 3.05) is 24.7 Å². The number of carbonyl (C=O) groups excluding carboxylic acids is 1. The number of aromatic nitrogens is 2. The van der Waals surface area contributed by atoms with Gasteiger partial charge in [0.2, 0.25) is 11.0 Å². The van der Waals surface area contributed by atoms with Crippen LogP contribution in [0.25, 0.3) is 0 Å². The van der Waals surface area contributed by atoms with Gasteiger partial charge in [-0.15, -0.1) is 10.2 Å². The lowest BCUT2D eigenvalue weighted by Gasteiger charge is -2.25. The minimum absolute atomic E-state index is 0.0626. The Balaban J connectivity index is 1.65. The number of ether oxygens (including phenoxy) is 2. The van der Waals surface area contributed by atoms with Gasteiger partial charge in [0.1, 0.15) is 13.2 Å². The molecule has 0 bridgehead atoms. The maximum atomic E-state index is 12.3. The number of amides is 1. The molecule has 0 spiro atoms. The maximum Gasteiger partial charge on any atom is 0.230 e. The van der Waals surface area contributed by atoms with Crippen LogP contribution in [0.3, 0.4) is 0 Å². The van der Waals surface area contributed by atoms with Crippen molar-refractivity contribution < 1.29 is 14.3 Å². The number of rotatable bonds is 6. The van der Waals surface area contributed by atoms with Crippen LogP contribution in [-0.4, -0.2) is 35.1 Å². The van der Waals surface area contributed by atoms with E-state index < -0.39 is 0 Å². The fourth-order valence-electron chi connectivity index (χ4n) is 2.51. The van der Waals surface area contributed by atoms with Crippen LogP contribution in [-0.2, 0) is 4.79 Å². The number of carbonyl (C=O) groups is 1. The third-order valence-electron chi connectivity index (χ3n) is 3.66. The minimum Gasteiger partial charge on any atom is -0.486 e. The van der Waals surface area contributed by atoms with Gasteiger partial charge in [-0.25, -0.2) is 0 Å². The van der Waals surface area contributed by atoms with Crippen LogP contribution in [0.1, 0.15) is 25.5 Å². The minimum atomic E-state index is -0.108. The normalized spacial score (nSPS) is 14.4. The molecule has 3 N–H and O–H groups in total. The largest absolute Gasteiger partial charge is 0.486 e.